The molecule has 1 aromatic rings. The van der Waals surface area contributed by atoms with Crippen molar-refractivity contribution in [1.29, 1.82) is 0 Å². The van der Waals surface area contributed by atoms with E-state index in [0.29, 0.717) is 17.1 Å². The molecule has 0 unspecified atom stereocenters. The molecule has 0 bridgehead atoms. The monoisotopic (exact) mass is 301 g/mol. The Morgan fingerprint density at radius 3 is 2.53 bits per heavy atom. The molecule has 0 aliphatic carbocycles. The molecule has 1 heterocycles. The van der Waals surface area contributed by atoms with Crippen LogP contribution in [0.1, 0.15) is 17.3 Å². The van der Waals surface area contributed by atoms with Gasteiger partial charge in [0.05, 0.1) is 16.5 Å². The summed E-state index contributed by atoms with van der Waals surface area (Å²) in [5.41, 5.74) is 0.351. The summed E-state index contributed by atoms with van der Waals surface area (Å²) in [5.74, 6) is -1.70. The Bertz CT molecular complexity index is 533. The van der Waals surface area contributed by atoms with Gasteiger partial charge in [0.1, 0.15) is 0 Å². The molecule has 0 radical (unpaired) electrons. The fourth-order valence-electron chi connectivity index (χ4n) is 2.29. The highest BCUT2D eigenvalue weighted by atomic mass is 35.5. The molecule has 1 aliphatic rings. The predicted octanol–water partition coefficient (Wildman–Crippen LogP) is 2.79. The highest BCUT2D eigenvalue weighted by molar-refractivity contribution is 6.36. The minimum atomic E-state index is -0.870. The lowest BCUT2D eigenvalue weighted by molar-refractivity contribution is -0.142. The molecule has 2 rings (SSSR count). The Kier molecular flexibility index (Phi) is 4.02. The van der Waals surface area contributed by atoms with Crippen LogP contribution in [0.3, 0.4) is 0 Å². The van der Waals surface area contributed by atoms with Crippen LogP contribution < -0.4 is 0 Å². The van der Waals surface area contributed by atoms with Gasteiger partial charge >= 0.3 is 5.97 Å². The van der Waals surface area contributed by atoms with Crippen LogP contribution in [0.4, 0.5) is 0 Å². The summed E-state index contributed by atoms with van der Waals surface area (Å²) in [4.78, 5) is 24.9. The normalized spacial score (nSPS) is 22.6. The van der Waals surface area contributed by atoms with Gasteiger partial charge in [0.15, 0.2) is 0 Å². The standard InChI is InChI=1S/C13H13Cl2NO3/c1-7-5-16(6-10(7)13(18)19)12(17)9-3-2-8(14)4-11(9)15/h2-4,7,10H,5-6H2,1H3,(H,18,19)/t7-,10-/m1/s1. The summed E-state index contributed by atoms with van der Waals surface area (Å²) >= 11 is 11.8. The second-order valence-electron chi connectivity index (χ2n) is 4.76. The van der Waals surface area contributed by atoms with Crippen LogP contribution in [0.2, 0.25) is 10.0 Å². The van der Waals surface area contributed by atoms with Gasteiger partial charge in [0.2, 0.25) is 0 Å². The zero-order valence-corrected chi connectivity index (χ0v) is 11.8. The molecule has 0 aromatic heterocycles. The van der Waals surface area contributed by atoms with Crippen molar-refractivity contribution in [2.75, 3.05) is 13.1 Å². The number of hydrogen-bond acceptors (Lipinski definition) is 2. The Hall–Kier alpha value is -1.26. The van der Waals surface area contributed by atoms with Gasteiger partial charge < -0.3 is 10.0 Å². The smallest absolute Gasteiger partial charge is 0.308 e. The van der Waals surface area contributed by atoms with E-state index in [1.54, 1.807) is 12.1 Å². The van der Waals surface area contributed by atoms with Gasteiger partial charge in [0, 0.05) is 18.1 Å². The predicted molar refractivity (Wildman–Crippen MR) is 72.7 cm³/mol. The van der Waals surface area contributed by atoms with Crippen molar-refractivity contribution in [3.05, 3.63) is 33.8 Å². The number of rotatable bonds is 2. The third kappa shape index (κ3) is 2.85. The number of benzene rings is 1. The first-order valence-electron chi connectivity index (χ1n) is 5.87. The molecular formula is C13H13Cl2NO3. The summed E-state index contributed by atoms with van der Waals surface area (Å²) < 4.78 is 0. The first-order valence-corrected chi connectivity index (χ1v) is 6.63. The average molecular weight is 302 g/mol. The number of carbonyl (C=O) groups is 2. The van der Waals surface area contributed by atoms with Crippen molar-refractivity contribution in [2.45, 2.75) is 6.92 Å². The minimum Gasteiger partial charge on any atom is -0.481 e. The largest absolute Gasteiger partial charge is 0.481 e. The minimum absolute atomic E-state index is 0.0625. The third-order valence-electron chi connectivity index (χ3n) is 3.38. The SMILES string of the molecule is C[C@@H]1CN(C(=O)c2ccc(Cl)cc2Cl)C[C@H]1C(=O)O. The molecule has 0 saturated carbocycles. The van der Waals surface area contributed by atoms with E-state index in [1.165, 1.54) is 11.0 Å². The molecule has 1 N–H and O–H groups in total. The van der Waals surface area contributed by atoms with Crippen LogP contribution in [0.25, 0.3) is 0 Å². The maximum Gasteiger partial charge on any atom is 0.308 e. The highest BCUT2D eigenvalue weighted by Gasteiger charge is 2.37. The first-order chi connectivity index (χ1) is 8.90. The molecule has 1 aromatic carbocycles. The quantitative estimate of drug-likeness (QED) is 0.914. The lowest BCUT2D eigenvalue weighted by Gasteiger charge is -2.16. The van der Waals surface area contributed by atoms with E-state index in [9.17, 15) is 9.59 Å². The maximum absolute atomic E-state index is 12.3. The van der Waals surface area contributed by atoms with E-state index >= 15 is 0 Å². The fourth-order valence-corrected chi connectivity index (χ4v) is 2.78. The van der Waals surface area contributed by atoms with Gasteiger partial charge in [-0.2, -0.15) is 0 Å². The van der Waals surface area contributed by atoms with Gasteiger partial charge in [-0.15, -0.1) is 0 Å². The van der Waals surface area contributed by atoms with Crippen LogP contribution in [0.15, 0.2) is 18.2 Å². The Labute approximate surface area is 120 Å². The first kappa shape index (κ1) is 14.2. The molecule has 4 nitrogen and oxygen atoms in total. The molecule has 102 valence electrons. The summed E-state index contributed by atoms with van der Waals surface area (Å²) in [6.45, 7) is 2.47. The van der Waals surface area contributed by atoms with Crippen LogP contribution in [0.5, 0.6) is 0 Å². The molecule has 1 aliphatic heterocycles. The summed E-state index contributed by atoms with van der Waals surface area (Å²) in [6.07, 6.45) is 0. The van der Waals surface area contributed by atoms with Gasteiger partial charge in [0.25, 0.3) is 5.91 Å². The van der Waals surface area contributed by atoms with Gasteiger partial charge in [-0.3, -0.25) is 9.59 Å². The van der Waals surface area contributed by atoms with Gasteiger partial charge in [-0.1, -0.05) is 30.1 Å². The molecular weight excluding hydrogens is 289 g/mol. The van der Waals surface area contributed by atoms with Crippen LogP contribution in [-0.2, 0) is 4.79 Å². The number of likely N-dealkylation sites (tertiary alicyclic amines) is 1. The van der Waals surface area contributed by atoms with Crippen molar-refractivity contribution in [1.82, 2.24) is 4.90 Å². The lowest BCUT2D eigenvalue weighted by Crippen LogP contribution is -2.30. The Morgan fingerprint density at radius 1 is 1.32 bits per heavy atom. The van der Waals surface area contributed by atoms with Crippen LogP contribution in [-0.4, -0.2) is 35.0 Å². The average Bonchev–Trinajstić information content (AvgIpc) is 2.70. The number of carboxylic acid groups (broad SMARTS) is 1. The maximum atomic E-state index is 12.3. The molecule has 1 saturated heterocycles. The number of amides is 1. The van der Waals surface area contributed by atoms with Gasteiger partial charge in [-0.05, 0) is 24.1 Å². The van der Waals surface area contributed by atoms with E-state index in [0.717, 1.165) is 0 Å². The van der Waals surface area contributed by atoms with Crippen molar-refractivity contribution in [3.63, 3.8) is 0 Å². The van der Waals surface area contributed by atoms with Crippen molar-refractivity contribution in [2.24, 2.45) is 11.8 Å². The van der Waals surface area contributed by atoms with Crippen molar-refractivity contribution in [3.8, 4) is 0 Å². The zero-order valence-electron chi connectivity index (χ0n) is 10.3. The van der Waals surface area contributed by atoms with Crippen molar-refractivity contribution >= 4 is 35.1 Å². The lowest BCUT2D eigenvalue weighted by atomic mass is 9.99. The van der Waals surface area contributed by atoms with Gasteiger partial charge in [-0.25, -0.2) is 0 Å². The number of aliphatic carboxylic acids is 1. The number of nitrogens with zero attached hydrogens (tertiary/aromatic N) is 1. The molecule has 6 heteroatoms. The van der Waals surface area contributed by atoms with E-state index in [-0.39, 0.29) is 23.4 Å². The highest BCUT2D eigenvalue weighted by Crippen LogP contribution is 2.27. The summed E-state index contributed by atoms with van der Waals surface area (Å²) in [6, 6.07) is 4.66. The topological polar surface area (TPSA) is 57.6 Å². The number of carboxylic acids is 1. The second kappa shape index (κ2) is 5.39. The van der Waals surface area contributed by atoms with E-state index < -0.39 is 11.9 Å². The molecule has 1 amide bonds. The Morgan fingerprint density at radius 2 is 2.00 bits per heavy atom. The van der Waals surface area contributed by atoms with E-state index in [4.69, 9.17) is 28.3 Å². The van der Waals surface area contributed by atoms with Crippen LogP contribution >= 0.6 is 23.2 Å². The second-order valence-corrected chi connectivity index (χ2v) is 5.60. The molecule has 1 fully saturated rings. The summed E-state index contributed by atoms with van der Waals surface area (Å²) in [5, 5.41) is 9.80. The summed E-state index contributed by atoms with van der Waals surface area (Å²) in [7, 11) is 0. The van der Waals surface area contributed by atoms with Crippen LogP contribution in [0, 0.1) is 11.8 Å². The Balaban J connectivity index is 2.19. The molecule has 0 spiro atoms. The molecule has 2 atom stereocenters. The van der Waals surface area contributed by atoms with E-state index in [2.05, 4.69) is 0 Å². The zero-order chi connectivity index (χ0) is 14.2. The molecule has 19 heavy (non-hydrogen) atoms. The van der Waals surface area contributed by atoms with E-state index in [1.807, 2.05) is 6.92 Å². The third-order valence-corrected chi connectivity index (χ3v) is 3.93. The van der Waals surface area contributed by atoms with Crippen molar-refractivity contribution < 1.29 is 14.7 Å². The number of carbonyl (C=O) groups excluding carboxylic acids is 1. The fraction of sp³-hybridized carbons (Fsp3) is 0.385. The number of hydrogen-bond donors (Lipinski definition) is 1. The number of halogens is 2.